The highest BCUT2D eigenvalue weighted by Crippen LogP contribution is 2.39. The molecule has 35 heavy (non-hydrogen) atoms. The van der Waals surface area contributed by atoms with Crippen molar-refractivity contribution in [2.75, 3.05) is 22.9 Å². The molecule has 6 heteroatoms. The molecule has 6 nitrogen and oxygen atoms in total. The van der Waals surface area contributed by atoms with Crippen LogP contribution in [0.15, 0.2) is 121 Å². The standard InChI is InChI=1S/C29H26N6/c1-5-13-23(14-6-1)27(28-30-31-32-35(28)26-19-11-4-12-20-26)29-33(24-15-7-2-8-16-24)21-22-34(29)25-17-9-3-10-18-25/h1-20,27,29H,21-22H2/t27-/m1/s1. The number of rotatable bonds is 6. The van der Waals surface area contributed by atoms with Crippen LogP contribution >= 0.6 is 0 Å². The van der Waals surface area contributed by atoms with Crippen LogP contribution in [0.3, 0.4) is 0 Å². The monoisotopic (exact) mass is 458 g/mol. The lowest BCUT2D eigenvalue weighted by molar-refractivity contribution is 0.554. The van der Waals surface area contributed by atoms with Gasteiger partial charge in [-0.05, 0) is 52.4 Å². The number of hydrogen-bond acceptors (Lipinski definition) is 5. The fourth-order valence-corrected chi connectivity index (χ4v) is 5.07. The van der Waals surface area contributed by atoms with Crippen LogP contribution in [-0.2, 0) is 0 Å². The normalized spacial score (nSPS) is 14.9. The molecule has 0 amide bonds. The first-order chi connectivity index (χ1) is 17.4. The van der Waals surface area contributed by atoms with E-state index in [1.807, 2.05) is 35.0 Å². The lowest BCUT2D eigenvalue weighted by Gasteiger charge is -2.38. The van der Waals surface area contributed by atoms with Gasteiger partial charge in [0.25, 0.3) is 0 Å². The lowest BCUT2D eigenvalue weighted by atomic mass is 9.93. The molecule has 0 radical (unpaired) electrons. The number of anilines is 2. The maximum Gasteiger partial charge on any atom is 0.168 e. The Kier molecular flexibility index (Phi) is 5.68. The Morgan fingerprint density at radius 2 is 1.03 bits per heavy atom. The van der Waals surface area contributed by atoms with Gasteiger partial charge in [0.1, 0.15) is 6.17 Å². The fourth-order valence-electron chi connectivity index (χ4n) is 5.07. The Labute approximate surface area is 205 Å². The summed E-state index contributed by atoms with van der Waals surface area (Å²) in [5.74, 6) is 0.713. The average Bonchev–Trinajstić information content (AvgIpc) is 3.60. The van der Waals surface area contributed by atoms with E-state index in [1.54, 1.807) is 0 Å². The highest BCUT2D eigenvalue weighted by atomic mass is 15.6. The van der Waals surface area contributed by atoms with Gasteiger partial charge >= 0.3 is 0 Å². The Balaban J connectivity index is 1.55. The first-order valence-corrected chi connectivity index (χ1v) is 11.9. The molecule has 0 N–H and O–H groups in total. The van der Waals surface area contributed by atoms with Gasteiger partial charge in [0, 0.05) is 24.5 Å². The summed E-state index contributed by atoms with van der Waals surface area (Å²) >= 11 is 0. The van der Waals surface area contributed by atoms with Crippen LogP contribution in [0.4, 0.5) is 11.4 Å². The van der Waals surface area contributed by atoms with Gasteiger partial charge in [-0.3, -0.25) is 0 Å². The summed E-state index contributed by atoms with van der Waals surface area (Å²) in [5.41, 5.74) is 4.50. The maximum absolute atomic E-state index is 4.62. The molecule has 0 bridgehead atoms. The molecule has 1 saturated heterocycles. The van der Waals surface area contributed by atoms with Crippen LogP contribution in [-0.4, -0.2) is 39.5 Å². The van der Waals surface area contributed by atoms with Crippen molar-refractivity contribution in [2.24, 2.45) is 0 Å². The molecule has 172 valence electrons. The number of hydrogen-bond donors (Lipinski definition) is 0. The van der Waals surface area contributed by atoms with Gasteiger partial charge in [0.05, 0.1) is 11.6 Å². The summed E-state index contributed by atoms with van der Waals surface area (Å²) in [6.07, 6.45) is -0.0179. The van der Waals surface area contributed by atoms with Gasteiger partial charge in [-0.15, -0.1) is 5.10 Å². The molecule has 6 rings (SSSR count). The molecule has 2 heterocycles. The van der Waals surface area contributed by atoms with Crippen LogP contribution in [0.5, 0.6) is 0 Å². The van der Waals surface area contributed by atoms with Crippen molar-refractivity contribution in [1.82, 2.24) is 20.2 Å². The van der Waals surface area contributed by atoms with Crippen molar-refractivity contribution in [3.05, 3.63) is 133 Å². The van der Waals surface area contributed by atoms with Crippen LogP contribution in [0.1, 0.15) is 17.3 Å². The van der Waals surface area contributed by atoms with Crippen molar-refractivity contribution >= 4 is 11.4 Å². The molecular weight excluding hydrogens is 432 g/mol. The minimum atomic E-state index is -0.102. The molecule has 5 aromatic rings. The minimum absolute atomic E-state index is 0.0179. The van der Waals surface area contributed by atoms with Gasteiger partial charge in [-0.2, -0.15) is 4.68 Å². The zero-order valence-electron chi connectivity index (χ0n) is 19.3. The molecule has 1 aromatic heterocycles. The van der Waals surface area contributed by atoms with Crippen LogP contribution in [0, 0.1) is 0 Å². The predicted molar refractivity (Wildman–Crippen MR) is 139 cm³/mol. The van der Waals surface area contributed by atoms with E-state index in [0.717, 1.165) is 24.6 Å². The number of para-hydroxylation sites is 3. The summed E-state index contributed by atoms with van der Waals surface area (Å²) in [5, 5.41) is 13.2. The topological polar surface area (TPSA) is 50.1 Å². The predicted octanol–water partition coefficient (Wildman–Crippen LogP) is 5.15. The highest BCUT2D eigenvalue weighted by molar-refractivity contribution is 5.59. The van der Waals surface area contributed by atoms with Crippen LogP contribution < -0.4 is 9.80 Å². The first-order valence-electron chi connectivity index (χ1n) is 11.9. The summed E-state index contributed by atoms with van der Waals surface area (Å²) in [4.78, 5) is 4.96. The maximum atomic E-state index is 4.62. The SMILES string of the molecule is c1ccc([C@H](c2nnnn2-c2ccccc2)C2N(c3ccccc3)CCN2c2ccccc2)cc1. The molecule has 0 aliphatic carbocycles. The Morgan fingerprint density at radius 3 is 1.54 bits per heavy atom. The van der Waals surface area contributed by atoms with E-state index in [2.05, 4.69) is 116 Å². The fraction of sp³-hybridized carbons (Fsp3) is 0.138. The van der Waals surface area contributed by atoms with Crippen molar-refractivity contribution in [3.63, 3.8) is 0 Å². The summed E-state index contributed by atoms with van der Waals surface area (Å²) in [7, 11) is 0. The number of benzene rings is 4. The largest absolute Gasteiger partial charge is 0.348 e. The number of nitrogens with zero attached hydrogens (tertiary/aromatic N) is 6. The zero-order chi connectivity index (χ0) is 23.5. The Morgan fingerprint density at radius 1 is 0.571 bits per heavy atom. The van der Waals surface area contributed by atoms with Gasteiger partial charge < -0.3 is 9.80 Å². The molecule has 1 atom stereocenters. The molecule has 4 aromatic carbocycles. The highest BCUT2D eigenvalue weighted by Gasteiger charge is 2.42. The zero-order valence-corrected chi connectivity index (χ0v) is 19.3. The lowest BCUT2D eigenvalue weighted by Crippen LogP contribution is -2.45. The Bertz CT molecular complexity index is 1310. The molecular formula is C29H26N6. The van der Waals surface area contributed by atoms with Crippen molar-refractivity contribution in [3.8, 4) is 5.69 Å². The van der Waals surface area contributed by atoms with Gasteiger partial charge in [0.15, 0.2) is 5.82 Å². The molecule has 1 fully saturated rings. The number of tetrazole rings is 1. The second-order valence-electron chi connectivity index (χ2n) is 8.64. The molecule has 0 spiro atoms. The van der Waals surface area contributed by atoms with Gasteiger partial charge in [0.2, 0.25) is 0 Å². The van der Waals surface area contributed by atoms with Gasteiger partial charge in [-0.1, -0.05) is 84.9 Å². The van der Waals surface area contributed by atoms with Gasteiger partial charge in [-0.25, -0.2) is 0 Å². The quantitative estimate of drug-likeness (QED) is 0.352. The molecule has 0 saturated carbocycles. The third-order valence-corrected chi connectivity index (χ3v) is 6.63. The average molecular weight is 459 g/mol. The Hall–Kier alpha value is -4.45. The molecule has 1 aliphatic rings. The van der Waals surface area contributed by atoms with Crippen molar-refractivity contribution in [2.45, 2.75) is 12.1 Å². The first kappa shape index (κ1) is 21.1. The molecule has 0 unspecified atom stereocenters. The summed E-state index contributed by atoms with van der Waals surface area (Å²) < 4.78 is 1.88. The number of aromatic nitrogens is 4. The third kappa shape index (κ3) is 4.04. The second-order valence-corrected chi connectivity index (χ2v) is 8.64. The smallest absolute Gasteiger partial charge is 0.168 e. The van der Waals surface area contributed by atoms with Crippen LogP contribution in [0.2, 0.25) is 0 Å². The summed E-state index contributed by atoms with van der Waals surface area (Å²) in [6.45, 7) is 1.81. The van der Waals surface area contributed by atoms with Crippen molar-refractivity contribution < 1.29 is 0 Å². The van der Waals surface area contributed by atoms with E-state index < -0.39 is 0 Å². The van der Waals surface area contributed by atoms with E-state index in [9.17, 15) is 0 Å². The van der Waals surface area contributed by atoms with E-state index in [-0.39, 0.29) is 12.1 Å². The second kappa shape index (κ2) is 9.43. The molecule has 1 aliphatic heterocycles. The summed E-state index contributed by atoms with van der Waals surface area (Å²) in [6, 6.07) is 42.0. The van der Waals surface area contributed by atoms with E-state index in [4.69, 9.17) is 0 Å². The minimum Gasteiger partial charge on any atom is -0.348 e. The van der Waals surface area contributed by atoms with Crippen LogP contribution in [0.25, 0.3) is 5.69 Å². The van der Waals surface area contributed by atoms with Crippen molar-refractivity contribution in [1.29, 1.82) is 0 Å². The van der Waals surface area contributed by atoms with E-state index in [0.29, 0.717) is 0 Å². The van der Waals surface area contributed by atoms with E-state index in [1.165, 1.54) is 16.9 Å². The third-order valence-electron chi connectivity index (χ3n) is 6.63. The van der Waals surface area contributed by atoms with E-state index >= 15 is 0 Å².